The number of benzene rings is 4. The Kier molecular flexibility index (Phi) is 8.17. The molecule has 42 heavy (non-hydrogen) atoms. The van der Waals surface area contributed by atoms with Crippen LogP contribution in [-0.4, -0.2) is 30.4 Å². The SMILES string of the molecule is Cc1ccc(NC(=O)COc2ccc(Cl)cc2C=C2C(=O)N(c3ccccc3)C(=O)N(c3ccccc3)C2=O)cc1C. The number of urea groups is 1. The Bertz CT molecular complexity index is 1660. The summed E-state index contributed by atoms with van der Waals surface area (Å²) >= 11 is 6.27. The monoisotopic (exact) mass is 579 g/mol. The van der Waals surface area contributed by atoms with Gasteiger partial charge in [0.15, 0.2) is 6.61 Å². The van der Waals surface area contributed by atoms with Crippen LogP contribution in [0.25, 0.3) is 6.08 Å². The summed E-state index contributed by atoms with van der Waals surface area (Å²) in [5.41, 5.74) is 3.38. The number of carbonyl (C=O) groups excluding carboxylic acids is 4. The molecule has 8 nitrogen and oxygen atoms in total. The van der Waals surface area contributed by atoms with Gasteiger partial charge in [0.1, 0.15) is 11.3 Å². The molecule has 0 unspecified atom stereocenters. The number of halogens is 1. The maximum atomic E-state index is 13.7. The molecule has 9 heteroatoms. The number of amides is 5. The number of hydrogen-bond acceptors (Lipinski definition) is 5. The molecule has 0 saturated carbocycles. The maximum absolute atomic E-state index is 13.7. The van der Waals surface area contributed by atoms with Gasteiger partial charge in [-0.2, -0.15) is 0 Å². The fourth-order valence-electron chi connectivity index (χ4n) is 4.42. The lowest BCUT2D eigenvalue weighted by Crippen LogP contribution is -2.57. The summed E-state index contributed by atoms with van der Waals surface area (Å²) in [4.78, 5) is 55.5. The molecule has 4 aromatic carbocycles. The van der Waals surface area contributed by atoms with Crippen LogP contribution in [0, 0.1) is 13.8 Å². The van der Waals surface area contributed by atoms with E-state index in [0.29, 0.717) is 22.1 Å². The van der Waals surface area contributed by atoms with Gasteiger partial charge in [0.2, 0.25) is 0 Å². The summed E-state index contributed by atoms with van der Waals surface area (Å²) in [6.07, 6.45) is 1.32. The van der Waals surface area contributed by atoms with Crippen LogP contribution in [0.4, 0.5) is 21.9 Å². The number of imide groups is 2. The molecule has 1 aliphatic heterocycles. The summed E-state index contributed by atoms with van der Waals surface area (Å²) in [6.45, 7) is 3.60. The smallest absolute Gasteiger partial charge is 0.343 e. The second kappa shape index (κ2) is 12.1. The van der Waals surface area contributed by atoms with Crippen LogP contribution in [0.2, 0.25) is 5.02 Å². The number of nitrogens with one attached hydrogen (secondary N) is 1. The third-order valence-electron chi connectivity index (χ3n) is 6.70. The summed E-state index contributed by atoms with van der Waals surface area (Å²) in [5.74, 6) is -1.78. The van der Waals surface area contributed by atoms with Crippen LogP contribution in [-0.2, 0) is 14.4 Å². The lowest BCUT2D eigenvalue weighted by molar-refractivity contribution is -0.121. The Morgan fingerprint density at radius 2 is 1.38 bits per heavy atom. The highest BCUT2D eigenvalue weighted by molar-refractivity contribution is 6.46. The second-order valence-corrected chi connectivity index (χ2v) is 10.0. The first-order valence-electron chi connectivity index (χ1n) is 13.1. The molecule has 210 valence electrons. The number of hydrogen-bond donors (Lipinski definition) is 1. The Hall–Kier alpha value is -5.21. The highest BCUT2D eigenvalue weighted by atomic mass is 35.5. The van der Waals surface area contributed by atoms with E-state index in [-0.39, 0.29) is 23.5 Å². The van der Waals surface area contributed by atoms with Gasteiger partial charge >= 0.3 is 6.03 Å². The van der Waals surface area contributed by atoms with Crippen molar-refractivity contribution in [2.75, 3.05) is 21.7 Å². The van der Waals surface area contributed by atoms with E-state index < -0.39 is 23.8 Å². The van der Waals surface area contributed by atoms with E-state index in [2.05, 4.69) is 5.32 Å². The molecular weight excluding hydrogens is 554 g/mol. The molecule has 0 atom stereocenters. The van der Waals surface area contributed by atoms with Crippen molar-refractivity contribution in [1.82, 2.24) is 0 Å². The molecule has 0 aliphatic carbocycles. The molecule has 5 amide bonds. The van der Waals surface area contributed by atoms with Crippen molar-refractivity contribution in [3.8, 4) is 5.75 Å². The molecule has 1 fully saturated rings. The van der Waals surface area contributed by atoms with Gasteiger partial charge in [-0.05, 0) is 85.6 Å². The first kappa shape index (κ1) is 28.3. The molecule has 4 aromatic rings. The number of anilines is 3. The van der Waals surface area contributed by atoms with Crippen molar-refractivity contribution in [2.45, 2.75) is 13.8 Å². The van der Waals surface area contributed by atoms with Crippen LogP contribution >= 0.6 is 11.6 Å². The molecule has 0 spiro atoms. The number of nitrogens with zero attached hydrogens (tertiary/aromatic N) is 2. The number of rotatable bonds is 7. The summed E-state index contributed by atoms with van der Waals surface area (Å²) < 4.78 is 5.80. The maximum Gasteiger partial charge on any atom is 0.343 e. The molecule has 1 N–H and O–H groups in total. The highest BCUT2D eigenvalue weighted by Crippen LogP contribution is 2.32. The zero-order chi connectivity index (χ0) is 29.8. The first-order valence-corrected chi connectivity index (χ1v) is 13.4. The van der Waals surface area contributed by atoms with Gasteiger partial charge in [0.05, 0.1) is 11.4 Å². The minimum Gasteiger partial charge on any atom is -0.483 e. The van der Waals surface area contributed by atoms with E-state index in [1.54, 1.807) is 78.9 Å². The Labute approximate surface area is 247 Å². The third kappa shape index (κ3) is 5.94. The lowest BCUT2D eigenvalue weighted by Gasteiger charge is -2.34. The first-order chi connectivity index (χ1) is 20.2. The number of ether oxygens (including phenoxy) is 1. The van der Waals surface area contributed by atoms with Crippen LogP contribution < -0.4 is 19.9 Å². The number of aryl methyl sites for hydroxylation is 2. The summed E-state index contributed by atoms with van der Waals surface area (Å²) in [7, 11) is 0. The average molecular weight is 580 g/mol. The number of para-hydroxylation sites is 2. The van der Waals surface area contributed by atoms with E-state index in [1.165, 1.54) is 12.1 Å². The van der Waals surface area contributed by atoms with Gasteiger partial charge in [-0.3, -0.25) is 14.4 Å². The van der Waals surface area contributed by atoms with Crippen LogP contribution in [0.3, 0.4) is 0 Å². The normalized spacial score (nSPS) is 13.3. The van der Waals surface area contributed by atoms with Crippen molar-refractivity contribution < 1.29 is 23.9 Å². The third-order valence-corrected chi connectivity index (χ3v) is 6.93. The Balaban J connectivity index is 1.48. The zero-order valence-electron chi connectivity index (χ0n) is 22.8. The fourth-order valence-corrected chi connectivity index (χ4v) is 4.60. The van der Waals surface area contributed by atoms with Gasteiger partial charge in [0.25, 0.3) is 17.7 Å². The number of barbiturate groups is 1. The quantitative estimate of drug-likeness (QED) is 0.198. The van der Waals surface area contributed by atoms with E-state index >= 15 is 0 Å². The summed E-state index contributed by atoms with van der Waals surface area (Å²) in [5, 5.41) is 3.11. The fraction of sp³-hybridized carbons (Fsp3) is 0.0909. The zero-order valence-corrected chi connectivity index (χ0v) is 23.6. The van der Waals surface area contributed by atoms with Crippen LogP contribution in [0.1, 0.15) is 16.7 Å². The predicted molar refractivity (Wildman–Crippen MR) is 163 cm³/mol. The van der Waals surface area contributed by atoms with E-state index in [1.807, 2.05) is 26.0 Å². The van der Waals surface area contributed by atoms with Gasteiger partial charge in [-0.1, -0.05) is 54.1 Å². The molecule has 0 bridgehead atoms. The van der Waals surface area contributed by atoms with Crippen LogP contribution in [0.5, 0.6) is 5.75 Å². The van der Waals surface area contributed by atoms with Crippen molar-refractivity contribution in [2.24, 2.45) is 0 Å². The Morgan fingerprint density at radius 1 is 0.786 bits per heavy atom. The standard InChI is InChI=1S/C33H26ClN3O5/c1-21-13-15-25(17-22(21)2)35-30(38)20-42-29-16-14-24(34)18-23(29)19-28-31(39)36(26-9-5-3-6-10-26)33(41)37(32(28)40)27-11-7-4-8-12-27/h3-19H,20H2,1-2H3,(H,35,38). The van der Waals surface area contributed by atoms with Gasteiger partial charge in [-0.15, -0.1) is 0 Å². The largest absolute Gasteiger partial charge is 0.483 e. The molecule has 1 heterocycles. The number of carbonyl (C=O) groups is 4. The second-order valence-electron chi connectivity index (χ2n) is 9.61. The topological polar surface area (TPSA) is 96.0 Å². The van der Waals surface area contributed by atoms with Gasteiger partial charge < -0.3 is 10.1 Å². The van der Waals surface area contributed by atoms with Crippen molar-refractivity contribution in [3.63, 3.8) is 0 Å². The summed E-state index contributed by atoms with van der Waals surface area (Å²) in [6, 6.07) is 26.1. The van der Waals surface area contributed by atoms with Crippen LogP contribution in [0.15, 0.2) is 103 Å². The van der Waals surface area contributed by atoms with Crippen molar-refractivity contribution >= 4 is 58.5 Å². The minimum atomic E-state index is -0.804. The molecule has 0 radical (unpaired) electrons. The van der Waals surface area contributed by atoms with Gasteiger partial charge in [-0.25, -0.2) is 14.6 Å². The average Bonchev–Trinajstić information content (AvgIpc) is 2.98. The van der Waals surface area contributed by atoms with E-state index in [4.69, 9.17) is 16.3 Å². The lowest BCUT2D eigenvalue weighted by atomic mass is 10.0. The van der Waals surface area contributed by atoms with E-state index in [0.717, 1.165) is 20.9 Å². The van der Waals surface area contributed by atoms with E-state index in [9.17, 15) is 19.2 Å². The van der Waals surface area contributed by atoms with Crippen molar-refractivity contribution in [3.05, 3.63) is 124 Å². The molecule has 5 rings (SSSR count). The molecular formula is C33H26ClN3O5. The minimum absolute atomic E-state index is 0.220. The molecule has 1 aliphatic rings. The highest BCUT2D eigenvalue weighted by Gasteiger charge is 2.43. The predicted octanol–water partition coefficient (Wildman–Crippen LogP) is 6.56. The van der Waals surface area contributed by atoms with Crippen molar-refractivity contribution in [1.29, 1.82) is 0 Å². The molecule has 0 aromatic heterocycles. The van der Waals surface area contributed by atoms with Gasteiger partial charge in [0, 0.05) is 16.3 Å². The Morgan fingerprint density at radius 3 is 1.95 bits per heavy atom. The molecule has 1 saturated heterocycles.